The number of hydrogen-bond donors (Lipinski definition) is 2. The third-order valence-electron chi connectivity index (χ3n) is 5.54. The van der Waals surface area contributed by atoms with E-state index in [1.165, 1.54) is 12.8 Å². The first-order valence-corrected chi connectivity index (χ1v) is 11.6. The number of H-pyrrole nitrogens is 1. The van der Waals surface area contributed by atoms with Gasteiger partial charge in [-0.2, -0.15) is 0 Å². The largest absolute Gasteiger partial charge is 0.494 e. The van der Waals surface area contributed by atoms with Gasteiger partial charge in [-0.1, -0.05) is 13.3 Å². The first-order valence-electron chi connectivity index (χ1n) is 11.1. The fourth-order valence-corrected chi connectivity index (χ4v) is 4.07. The molecule has 30 heavy (non-hydrogen) atoms. The number of likely N-dealkylation sites (tertiary alicyclic amines) is 1. The van der Waals surface area contributed by atoms with Gasteiger partial charge in [0.15, 0.2) is 5.11 Å². The van der Waals surface area contributed by atoms with Gasteiger partial charge in [-0.3, -0.25) is 4.79 Å². The zero-order valence-corrected chi connectivity index (χ0v) is 19.0. The Morgan fingerprint density at radius 1 is 1.27 bits per heavy atom. The zero-order valence-electron chi connectivity index (χ0n) is 18.2. The van der Waals surface area contributed by atoms with Gasteiger partial charge in [0.1, 0.15) is 5.75 Å². The van der Waals surface area contributed by atoms with Gasteiger partial charge >= 0.3 is 0 Å². The van der Waals surface area contributed by atoms with Gasteiger partial charge in [0, 0.05) is 36.1 Å². The number of rotatable bonds is 10. The van der Waals surface area contributed by atoms with Crippen LogP contribution in [-0.2, 0) is 6.54 Å². The Hall–Kier alpha value is -2.12. The topological polar surface area (TPSA) is 60.6 Å². The normalized spacial score (nSPS) is 14.2. The maximum atomic E-state index is 12.7. The quantitative estimate of drug-likeness (QED) is 0.444. The summed E-state index contributed by atoms with van der Waals surface area (Å²) < 4.78 is 5.62. The summed E-state index contributed by atoms with van der Waals surface area (Å²) in [6.45, 7) is 10.2. The van der Waals surface area contributed by atoms with Crippen LogP contribution in [0.3, 0.4) is 0 Å². The van der Waals surface area contributed by atoms with Crippen molar-refractivity contribution < 1.29 is 4.74 Å². The van der Waals surface area contributed by atoms with E-state index in [9.17, 15) is 4.79 Å². The van der Waals surface area contributed by atoms with Gasteiger partial charge < -0.3 is 24.8 Å². The number of unbranched alkanes of at least 4 members (excludes halogenated alkanes) is 1. The molecule has 1 aliphatic heterocycles. The molecule has 2 N–H and O–H groups in total. The van der Waals surface area contributed by atoms with Crippen LogP contribution in [-0.4, -0.2) is 59.2 Å². The Balaban J connectivity index is 1.78. The predicted molar refractivity (Wildman–Crippen MR) is 127 cm³/mol. The molecule has 1 saturated heterocycles. The molecule has 3 rings (SSSR count). The number of benzene rings is 1. The molecule has 1 aromatic heterocycles. The van der Waals surface area contributed by atoms with Crippen molar-refractivity contribution in [2.45, 2.75) is 46.1 Å². The molecule has 2 aromatic rings. The van der Waals surface area contributed by atoms with Gasteiger partial charge in [-0.05, 0) is 75.8 Å². The lowest BCUT2D eigenvalue weighted by Crippen LogP contribution is -2.44. The minimum Gasteiger partial charge on any atom is -0.494 e. The fraction of sp³-hybridized carbons (Fsp3) is 0.565. The summed E-state index contributed by atoms with van der Waals surface area (Å²) in [6, 6.07) is 7.73. The van der Waals surface area contributed by atoms with E-state index in [1.807, 2.05) is 31.2 Å². The summed E-state index contributed by atoms with van der Waals surface area (Å²) in [5.41, 5.74) is 1.48. The van der Waals surface area contributed by atoms with Crippen molar-refractivity contribution >= 4 is 28.2 Å². The molecule has 1 aromatic carbocycles. The van der Waals surface area contributed by atoms with Crippen LogP contribution in [0, 0.1) is 0 Å². The summed E-state index contributed by atoms with van der Waals surface area (Å²) in [7, 11) is 0. The number of fused-ring (bicyclic) bond motifs is 1. The van der Waals surface area contributed by atoms with Crippen molar-refractivity contribution in [2.24, 2.45) is 0 Å². The van der Waals surface area contributed by atoms with Gasteiger partial charge in [0.25, 0.3) is 5.56 Å². The predicted octanol–water partition coefficient (Wildman–Crippen LogP) is 3.50. The number of pyridine rings is 1. The molecule has 0 radical (unpaired) electrons. The van der Waals surface area contributed by atoms with Gasteiger partial charge in [0.05, 0.1) is 13.2 Å². The lowest BCUT2D eigenvalue weighted by Gasteiger charge is -2.28. The van der Waals surface area contributed by atoms with E-state index < -0.39 is 0 Å². The molecule has 0 amide bonds. The van der Waals surface area contributed by atoms with Crippen LogP contribution in [0.15, 0.2) is 29.1 Å². The van der Waals surface area contributed by atoms with Crippen LogP contribution >= 0.6 is 12.2 Å². The molecular weight excluding hydrogens is 396 g/mol. The lowest BCUT2D eigenvalue weighted by molar-refractivity contribution is 0.285. The van der Waals surface area contributed by atoms with Crippen LogP contribution in [0.25, 0.3) is 10.9 Å². The maximum Gasteiger partial charge on any atom is 0.253 e. The minimum atomic E-state index is -0.0609. The number of ether oxygens (including phenoxy) is 1. The number of aromatic amines is 1. The van der Waals surface area contributed by atoms with Crippen molar-refractivity contribution in [1.29, 1.82) is 0 Å². The smallest absolute Gasteiger partial charge is 0.253 e. The second-order valence-electron chi connectivity index (χ2n) is 7.86. The highest BCUT2D eigenvalue weighted by Gasteiger charge is 2.17. The summed E-state index contributed by atoms with van der Waals surface area (Å²) >= 11 is 5.69. The van der Waals surface area contributed by atoms with E-state index in [1.54, 1.807) is 0 Å². The van der Waals surface area contributed by atoms with Crippen molar-refractivity contribution in [1.82, 2.24) is 20.1 Å². The molecule has 0 atom stereocenters. The second-order valence-corrected chi connectivity index (χ2v) is 8.25. The van der Waals surface area contributed by atoms with Crippen molar-refractivity contribution in [3.8, 4) is 5.75 Å². The van der Waals surface area contributed by atoms with Crippen LogP contribution in [0.2, 0.25) is 0 Å². The molecule has 1 aliphatic rings. The molecule has 7 heteroatoms. The summed E-state index contributed by atoms with van der Waals surface area (Å²) in [6.07, 6.45) is 4.74. The fourth-order valence-electron chi connectivity index (χ4n) is 3.81. The first kappa shape index (κ1) is 22.6. The van der Waals surface area contributed by atoms with Gasteiger partial charge in [-0.25, -0.2) is 0 Å². The van der Waals surface area contributed by atoms with Crippen LogP contribution in [0.4, 0.5) is 0 Å². The standard InChI is InChI=1S/C23H34N4O2S/c1-3-5-10-24-23(30)27(14-13-26-11-6-7-12-26)17-19-15-18-16-20(29-4-2)8-9-21(18)25-22(19)28/h8-9,15-16H,3-7,10-14,17H2,1-2H3,(H,24,30)(H,25,28). The Bertz CT molecular complexity index is 892. The maximum absolute atomic E-state index is 12.7. The highest BCUT2D eigenvalue weighted by Crippen LogP contribution is 2.20. The van der Waals surface area contributed by atoms with E-state index in [0.717, 1.165) is 72.9 Å². The average molecular weight is 431 g/mol. The number of aromatic nitrogens is 1. The number of hydrogen-bond acceptors (Lipinski definition) is 4. The van der Waals surface area contributed by atoms with E-state index in [2.05, 4.69) is 27.0 Å². The molecule has 6 nitrogen and oxygen atoms in total. The minimum absolute atomic E-state index is 0.0609. The number of nitrogens with zero attached hydrogens (tertiary/aromatic N) is 2. The Morgan fingerprint density at radius 2 is 2.07 bits per heavy atom. The van der Waals surface area contributed by atoms with E-state index >= 15 is 0 Å². The number of nitrogens with one attached hydrogen (secondary N) is 2. The number of thiocarbonyl (C=S) groups is 1. The monoisotopic (exact) mass is 430 g/mol. The Kier molecular flexibility index (Phi) is 8.51. The molecular formula is C23H34N4O2S. The Labute approximate surface area is 184 Å². The van der Waals surface area contributed by atoms with Crippen LogP contribution in [0.5, 0.6) is 5.75 Å². The molecule has 0 unspecified atom stereocenters. The summed E-state index contributed by atoms with van der Waals surface area (Å²) in [5, 5.41) is 5.07. The molecule has 0 spiro atoms. The van der Waals surface area contributed by atoms with Gasteiger partial charge in [0.2, 0.25) is 0 Å². The third-order valence-corrected chi connectivity index (χ3v) is 5.95. The van der Waals surface area contributed by atoms with E-state index in [-0.39, 0.29) is 5.56 Å². The van der Waals surface area contributed by atoms with Crippen molar-refractivity contribution in [3.63, 3.8) is 0 Å². The second kappa shape index (κ2) is 11.3. The molecule has 0 saturated carbocycles. The molecule has 1 fully saturated rings. The SMILES string of the molecule is CCCCNC(=S)N(CCN1CCCC1)Cc1cc2cc(OCC)ccc2[nH]c1=O. The molecule has 2 heterocycles. The Morgan fingerprint density at radius 3 is 2.80 bits per heavy atom. The van der Waals surface area contributed by atoms with Crippen LogP contribution in [0.1, 0.15) is 45.1 Å². The summed E-state index contributed by atoms with van der Waals surface area (Å²) in [5.74, 6) is 0.811. The van der Waals surface area contributed by atoms with Gasteiger partial charge in [-0.15, -0.1) is 0 Å². The zero-order chi connectivity index (χ0) is 21.3. The molecule has 0 bridgehead atoms. The highest BCUT2D eigenvalue weighted by molar-refractivity contribution is 7.80. The first-order chi connectivity index (χ1) is 14.6. The third kappa shape index (κ3) is 6.19. The van der Waals surface area contributed by atoms with Crippen molar-refractivity contribution in [2.75, 3.05) is 39.3 Å². The van der Waals surface area contributed by atoms with Crippen LogP contribution < -0.4 is 15.6 Å². The average Bonchev–Trinajstić information content (AvgIpc) is 3.25. The molecule has 164 valence electrons. The highest BCUT2D eigenvalue weighted by atomic mass is 32.1. The summed E-state index contributed by atoms with van der Waals surface area (Å²) in [4.78, 5) is 20.3. The molecule has 0 aliphatic carbocycles. The van der Waals surface area contributed by atoms with E-state index in [4.69, 9.17) is 17.0 Å². The van der Waals surface area contributed by atoms with Crippen molar-refractivity contribution in [3.05, 3.63) is 40.2 Å². The van der Waals surface area contributed by atoms with E-state index in [0.29, 0.717) is 13.2 Å². The lowest BCUT2D eigenvalue weighted by atomic mass is 10.1.